The molecule has 3 unspecified atom stereocenters. The van der Waals surface area contributed by atoms with Crippen molar-refractivity contribution < 1.29 is 9.53 Å². The first-order valence-corrected chi connectivity index (χ1v) is 9.79. The molecule has 0 aromatic heterocycles. The van der Waals surface area contributed by atoms with Gasteiger partial charge in [-0.05, 0) is 31.9 Å². The third-order valence-electron chi connectivity index (χ3n) is 6.60. The number of piperidine rings is 1. The highest BCUT2D eigenvalue weighted by Gasteiger charge is 2.63. The van der Waals surface area contributed by atoms with Crippen LogP contribution in [0, 0.1) is 5.41 Å². The van der Waals surface area contributed by atoms with Crippen LogP contribution in [0.25, 0.3) is 0 Å². The Hall–Kier alpha value is -1.59. The van der Waals surface area contributed by atoms with Crippen molar-refractivity contribution in [3.63, 3.8) is 0 Å². The lowest BCUT2D eigenvalue weighted by atomic mass is 9.54. The number of benzene rings is 1. The Bertz CT molecular complexity index is 633. The predicted molar refractivity (Wildman–Crippen MR) is 105 cm³/mol. The molecule has 1 aromatic rings. The minimum Gasteiger partial charge on any atom is -0.378 e. The number of para-hydroxylation sites is 1. The van der Waals surface area contributed by atoms with Crippen LogP contribution in [0.15, 0.2) is 30.3 Å². The molecule has 1 saturated heterocycles. The number of hydrogen-bond acceptors (Lipinski definition) is 4. The molecule has 3 rings (SSSR count). The number of nitrogens with zero attached hydrogens (tertiary/aromatic N) is 2. The normalized spacial score (nSPS) is 30.6. The molecular weight excluding hydrogens is 326 g/mol. The van der Waals surface area contributed by atoms with E-state index in [0.29, 0.717) is 13.0 Å². The highest BCUT2D eigenvalue weighted by atomic mass is 16.5. The van der Waals surface area contributed by atoms with Crippen LogP contribution < -0.4 is 10.6 Å². The number of likely N-dealkylation sites (N-methyl/N-ethyl adjacent to an activating group) is 1. The first-order chi connectivity index (χ1) is 12.3. The van der Waals surface area contributed by atoms with Crippen LogP contribution in [0.1, 0.15) is 40.0 Å². The topological polar surface area (TPSA) is 58.8 Å². The van der Waals surface area contributed by atoms with Crippen molar-refractivity contribution in [2.24, 2.45) is 11.1 Å². The average molecular weight is 360 g/mol. The molecule has 2 fully saturated rings. The fourth-order valence-corrected chi connectivity index (χ4v) is 4.42. The van der Waals surface area contributed by atoms with Crippen molar-refractivity contribution in [3.8, 4) is 0 Å². The summed E-state index contributed by atoms with van der Waals surface area (Å²) in [5.74, 6) is 0.0540. The third kappa shape index (κ3) is 3.12. The number of amides is 1. The molecule has 3 atom stereocenters. The first-order valence-electron chi connectivity index (χ1n) is 9.79. The Morgan fingerprint density at radius 2 is 2.04 bits per heavy atom. The highest BCUT2D eigenvalue weighted by molar-refractivity contribution is 5.89. The summed E-state index contributed by atoms with van der Waals surface area (Å²) >= 11 is 0. The van der Waals surface area contributed by atoms with Gasteiger partial charge in [0, 0.05) is 50.3 Å². The Labute approximate surface area is 157 Å². The van der Waals surface area contributed by atoms with Gasteiger partial charge in [0.25, 0.3) is 0 Å². The Balaban J connectivity index is 1.69. The lowest BCUT2D eigenvalue weighted by Crippen LogP contribution is -2.76. The minimum absolute atomic E-state index is 0.0540. The summed E-state index contributed by atoms with van der Waals surface area (Å²) in [7, 11) is 1.92. The predicted octanol–water partition coefficient (Wildman–Crippen LogP) is 2.65. The van der Waals surface area contributed by atoms with E-state index in [2.05, 4.69) is 43.0 Å². The van der Waals surface area contributed by atoms with E-state index in [-0.39, 0.29) is 23.5 Å². The van der Waals surface area contributed by atoms with E-state index in [0.717, 1.165) is 25.9 Å². The van der Waals surface area contributed by atoms with Crippen molar-refractivity contribution in [1.82, 2.24) is 4.90 Å². The van der Waals surface area contributed by atoms with E-state index in [9.17, 15) is 4.79 Å². The highest BCUT2D eigenvalue weighted by Crippen LogP contribution is 2.50. The molecule has 5 nitrogen and oxygen atoms in total. The molecule has 1 amide bonds. The van der Waals surface area contributed by atoms with E-state index in [1.807, 2.05) is 24.9 Å². The second-order valence-corrected chi connectivity index (χ2v) is 8.33. The van der Waals surface area contributed by atoms with Crippen molar-refractivity contribution in [1.29, 1.82) is 0 Å². The average Bonchev–Trinajstić information content (AvgIpc) is 2.67. The van der Waals surface area contributed by atoms with Crippen LogP contribution in [0.4, 0.5) is 5.69 Å². The van der Waals surface area contributed by atoms with Gasteiger partial charge in [0.2, 0.25) is 5.91 Å². The van der Waals surface area contributed by atoms with Gasteiger partial charge >= 0.3 is 0 Å². The molecular formula is C21H33N3O2. The monoisotopic (exact) mass is 359 g/mol. The van der Waals surface area contributed by atoms with Crippen molar-refractivity contribution in [3.05, 3.63) is 30.3 Å². The molecule has 1 aliphatic heterocycles. The third-order valence-corrected chi connectivity index (χ3v) is 6.60. The molecule has 2 N–H and O–H groups in total. The van der Waals surface area contributed by atoms with Gasteiger partial charge in [-0.2, -0.15) is 0 Å². The summed E-state index contributed by atoms with van der Waals surface area (Å²) in [6, 6.07) is 10.6. The maximum Gasteiger partial charge on any atom is 0.243 e. The van der Waals surface area contributed by atoms with Gasteiger partial charge in [0.15, 0.2) is 0 Å². The van der Waals surface area contributed by atoms with Crippen LogP contribution >= 0.6 is 0 Å². The number of nitrogens with two attached hydrogens (primary N) is 1. The number of carbonyl (C=O) groups is 1. The number of hydrogen-bond donors (Lipinski definition) is 1. The van der Waals surface area contributed by atoms with Crippen LogP contribution in [0.2, 0.25) is 0 Å². The van der Waals surface area contributed by atoms with Gasteiger partial charge in [0.05, 0.1) is 6.10 Å². The summed E-state index contributed by atoms with van der Waals surface area (Å²) in [4.78, 5) is 17.6. The summed E-state index contributed by atoms with van der Waals surface area (Å²) in [6.07, 6.45) is 2.77. The standard InChI is InChI=1S/C21H33N3O2/c1-5-26-18-14-21(22,20(18,2)3)19(25)23(4)17-12-9-13-24(15-17)16-10-7-6-8-11-16/h6-8,10-11,17-18H,5,9,12-15,22H2,1-4H3. The lowest BCUT2D eigenvalue weighted by molar-refractivity contribution is -0.180. The zero-order valence-electron chi connectivity index (χ0n) is 16.6. The minimum atomic E-state index is -0.837. The van der Waals surface area contributed by atoms with Crippen molar-refractivity contribution in [2.45, 2.75) is 57.7 Å². The smallest absolute Gasteiger partial charge is 0.243 e. The number of carbonyl (C=O) groups excluding carboxylic acids is 1. The maximum absolute atomic E-state index is 13.3. The maximum atomic E-state index is 13.3. The Morgan fingerprint density at radius 1 is 1.35 bits per heavy atom. The molecule has 26 heavy (non-hydrogen) atoms. The number of rotatable bonds is 5. The van der Waals surface area contributed by atoms with Crippen LogP contribution in [-0.2, 0) is 9.53 Å². The lowest BCUT2D eigenvalue weighted by Gasteiger charge is -2.59. The van der Waals surface area contributed by atoms with E-state index in [1.54, 1.807) is 0 Å². The van der Waals surface area contributed by atoms with Crippen LogP contribution in [-0.4, -0.2) is 55.2 Å². The molecule has 144 valence electrons. The SMILES string of the molecule is CCOC1CC(N)(C(=O)N(C)C2CCCN(c3ccccc3)C2)C1(C)C. The van der Waals surface area contributed by atoms with Gasteiger partial charge < -0.3 is 20.3 Å². The Kier molecular flexibility index (Phi) is 5.31. The molecule has 5 heteroatoms. The molecule has 1 aliphatic carbocycles. The summed E-state index contributed by atoms with van der Waals surface area (Å²) in [6.45, 7) is 8.65. The quantitative estimate of drug-likeness (QED) is 0.878. The fraction of sp³-hybridized carbons (Fsp3) is 0.667. The van der Waals surface area contributed by atoms with E-state index in [4.69, 9.17) is 10.5 Å². The van der Waals surface area contributed by atoms with Gasteiger partial charge in [-0.3, -0.25) is 4.79 Å². The second kappa shape index (κ2) is 7.20. The number of ether oxygens (including phenoxy) is 1. The Morgan fingerprint density at radius 3 is 2.65 bits per heavy atom. The van der Waals surface area contributed by atoms with Gasteiger partial charge in [0.1, 0.15) is 5.54 Å². The first kappa shape index (κ1) is 19.2. The summed E-state index contributed by atoms with van der Waals surface area (Å²) < 4.78 is 5.78. The van der Waals surface area contributed by atoms with Crippen molar-refractivity contribution in [2.75, 3.05) is 31.6 Å². The van der Waals surface area contributed by atoms with Crippen molar-refractivity contribution >= 4 is 11.6 Å². The molecule has 0 bridgehead atoms. The molecule has 1 saturated carbocycles. The summed E-state index contributed by atoms with van der Waals surface area (Å²) in [5.41, 5.74) is 6.65. The summed E-state index contributed by atoms with van der Waals surface area (Å²) in [5, 5.41) is 0. The van der Waals surface area contributed by atoms with Gasteiger partial charge in [-0.1, -0.05) is 32.0 Å². The largest absolute Gasteiger partial charge is 0.378 e. The molecule has 2 aliphatic rings. The second-order valence-electron chi connectivity index (χ2n) is 8.33. The van der Waals surface area contributed by atoms with Gasteiger partial charge in [-0.25, -0.2) is 0 Å². The van der Waals surface area contributed by atoms with E-state index < -0.39 is 5.54 Å². The zero-order chi connectivity index (χ0) is 18.9. The van der Waals surface area contributed by atoms with Gasteiger partial charge in [-0.15, -0.1) is 0 Å². The van der Waals surface area contributed by atoms with E-state index >= 15 is 0 Å². The van der Waals surface area contributed by atoms with Crippen LogP contribution in [0.5, 0.6) is 0 Å². The zero-order valence-corrected chi connectivity index (χ0v) is 16.6. The van der Waals surface area contributed by atoms with E-state index in [1.165, 1.54) is 5.69 Å². The molecule has 1 heterocycles. The fourth-order valence-electron chi connectivity index (χ4n) is 4.42. The molecule has 0 spiro atoms. The number of anilines is 1. The molecule has 0 radical (unpaired) electrons. The molecule has 1 aromatic carbocycles. The van der Waals surface area contributed by atoms with Crippen LogP contribution in [0.3, 0.4) is 0 Å².